The number of rotatable bonds is 5. The number of nitrogens with zero attached hydrogens (tertiary/aromatic N) is 4. The second-order valence-corrected chi connectivity index (χ2v) is 9.15. The summed E-state index contributed by atoms with van der Waals surface area (Å²) in [4.78, 5) is 27.5. The lowest BCUT2D eigenvalue weighted by atomic mass is 9.84. The van der Waals surface area contributed by atoms with Gasteiger partial charge in [0.05, 0.1) is 11.3 Å². The first kappa shape index (κ1) is 21.1. The van der Waals surface area contributed by atoms with E-state index in [4.69, 9.17) is 6.57 Å². The van der Waals surface area contributed by atoms with Crippen molar-refractivity contribution in [1.82, 2.24) is 20.2 Å². The van der Waals surface area contributed by atoms with Crippen molar-refractivity contribution in [3.63, 3.8) is 0 Å². The standard InChI is InChI=1S/C22H25F3N6O/c1-26-12-30-13-31(18-16-6-9-27-19(16)28-11-17(18)20(30)32)15-4-2-14(3-5-15)10-29-21(7-8-21)22(23,24)25/h6,9,11,14-15,29H,2-5,7-8,10,12-13H2,(H,27,28). The minimum Gasteiger partial charge on any atom is -0.349 e. The van der Waals surface area contributed by atoms with Gasteiger partial charge in [-0.05, 0) is 57.1 Å². The molecular formula is C22H25F3N6O. The monoisotopic (exact) mass is 446 g/mol. The lowest BCUT2D eigenvalue weighted by Gasteiger charge is -2.43. The molecule has 0 bridgehead atoms. The van der Waals surface area contributed by atoms with E-state index in [0.717, 1.165) is 36.8 Å². The van der Waals surface area contributed by atoms with Crippen LogP contribution in [-0.4, -0.2) is 58.4 Å². The highest BCUT2D eigenvalue weighted by atomic mass is 19.4. The number of halogens is 3. The molecule has 2 saturated carbocycles. The quantitative estimate of drug-likeness (QED) is 0.684. The molecule has 0 unspecified atom stereocenters. The number of amides is 1. The van der Waals surface area contributed by atoms with E-state index in [-0.39, 0.29) is 37.4 Å². The molecule has 0 atom stereocenters. The average Bonchev–Trinajstić information content (AvgIpc) is 3.43. The van der Waals surface area contributed by atoms with Crippen LogP contribution in [-0.2, 0) is 0 Å². The summed E-state index contributed by atoms with van der Waals surface area (Å²) in [6.45, 7) is 7.91. The number of alkyl halides is 3. The third-order valence-electron chi connectivity index (χ3n) is 7.21. The molecular weight excluding hydrogens is 421 g/mol. The topological polar surface area (TPSA) is 68.6 Å². The maximum Gasteiger partial charge on any atom is 0.406 e. The predicted octanol–water partition coefficient (Wildman–Crippen LogP) is 3.90. The molecule has 32 heavy (non-hydrogen) atoms. The van der Waals surface area contributed by atoms with E-state index in [0.29, 0.717) is 24.4 Å². The van der Waals surface area contributed by atoms with Gasteiger partial charge >= 0.3 is 6.18 Å². The molecule has 3 heterocycles. The van der Waals surface area contributed by atoms with Gasteiger partial charge in [-0.25, -0.2) is 11.6 Å². The van der Waals surface area contributed by atoms with Crippen LogP contribution in [0, 0.1) is 12.5 Å². The van der Waals surface area contributed by atoms with Crippen molar-refractivity contribution in [1.29, 1.82) is 0 Å². The highest BCUT2D eigenvalue weighted by molar-refractivity contribution is 6.08. The molecule has 0 spiro atoms. The summed E-state index contributed by atoms with van der Waals surface area (Å²) in [6, 6.07) is 2.07. The van der Waals surface area contributed by atoms with E-state index in [1.807, 2.05) is 6.07 Å². The van der Waals surface area contributed by atoms with Gasteiger partial charge in [0.2, 0.25) is 0 Å². The van der Waals surface area contributed by atoms with Crippen molar-refractivity contribution in [2.75, 3.05) is 24.8 Å². The summed E-state index contributed by atoms with van der Waals surface area (Å²) in [5.74, 6) is 0.0173. The van der Waals surface area contributed by atoms with Crippen molar-refractivity contribution in [3.8, 4) is 0 Å². The Labute approximate surface area is 183 Å². The maximum absolute atomic E-state index is 13.2. The first-order chi connectivity index (χ1) is 15.3. The first-order valence-electron chi connectivity index (χ1n) is 11.0. The molecule has 0 radical (unpaired) electrons. The van der Waals surface area contributed by atoms with E-state index >= 15 is 0 Å². The summed E-state index contributed by atoms with van der Waals surface area (Å²) in [7, 11) is 0. The number of pyridine rings is 1. The fraction of sp³-hybridized carbons (Fsp3) is 0.591. The van der Waals surface area contributed by atoms with Gasteiger partial charge in [-0.15, -0.1) is 0 Å². The van der Waals surface area contributed by atoms with Crippen molar-refractivity contribution >= 4 is 22.6 Å². The SMILES string of the molecule is [C-]#[N+]CN1CN(C2CCC(CNC3(C(F)(F)F)CC3)CC2)c2c(cnc3[nH]ccc23)C1=O. The first-order valence-corrected chi connectivity index (χ1v) is 11.0. The minimum absolute atomic E-state index is 0.0151. The fourth-order valence-corrected chi connectivity index (χ4v) is 5.13. The number of nitrogens with one attached hydrogen (secondary N) is 2. The summed E-state index contributed by atoms with van der Waals surface area (Å²) in [5, 5.41) is 3.68. The Morgan fingerprint density at radius 2 is 2.03 bits per heavy atom. The Balaban J connectivity index is 1.32. The third kappa shape index (κ3) is 3.48. The smallest absolute Gasteiger partial charge is 0.349 e. The van der Waals surface area contributed by atoms with Gasteiger partial charge in [0, 0.05) is 23.8 Å². The van der Waals surface area contributed by atoms with Gasteiger partial charge in [0.1, 0.15) is 17.9 Å². The summed E-state index contributed by atoms with van der Waals surface area (Å²) in [6.07, 6.45) is 2.84. The summed E-state index contributed by atoms with van der Waals surface area (Å²) < 4.78 is 39.6. The molecule has 2 aromatic heterocycles. The average molecular weight is 446 g/mol. The number of aromatic nitrogens is 2. The van der Waals surface area contributed by atoms with E-state index < -0.39 is 11.7 Å². The number of aromatic amines is 1. The van der Waals surface area contributed by atoms with E-state index in [1.165, 1.54) is 4.90 Å². The Morgan fingerprint density at radius 3 is 2.69 bits per heavy atom. The largest absolute Gasteiger partial charge is 0.406 e. The van der Waals surface area contributed by atoms with Gasteiger partial charge in [0.15, 0.2) is 0 Å². The Kier molecular flexibility index (Phi) is 5.04. The fourth-order valence-electron chi connectivity index (χ4n) is 5.13. The van der Waals surface area contributed by atoms with E-state index in [1.54, 1.807) is 12.4 Å². The molecule has 3 aliphatic rings. The Morgan fingerprint density at radius 1 is 1.28 bits per heavy atom. The zero-order valence-electron chi connectivity index (χ0n) is 17.6. The maximum atomic E-state index is 13.2. The number of hydrogen-bond donors (Lipinski definition) is 2. The van der Waals surface area contributed by atoms with E-state index in [2.05, 4.69) is 25.0 Å². The Bertz CT molecular complexity index is 1060. The highest BCUT2D eigenvalue weighted by Crippen LogP contribution is 2.49. The molecule has 1 aliphatic heterocycles. The van der Waals surface area contributed by atoms with Crippen molar-refractivity contribution < 1.29 is 18.0 Å². The third-order valence-corrected chi connectivity index (χ3v) is 7.21. The summed E-state index contributed by atoms with van der Waals surface area (Å²) >= 11 is 0. The van der Waals surface area contributed by atoms with Crippen LogP contribution in [0.2, 0.25) is 0 Å². The van der Waals surface area contributed by atoms with Gasteiger partial charge < -0.3 is 15.2 Å². The number of carbonyl (C=O) groups is 1. The van der Waals surface area contributed by atoms with Crippen molar-refractivity contribution in [2.24, 2.45) is 5.92 Å². The van der Waals surface area contributed by atoms with Crippen LogP contribution in [0.4, 0.5) is 18.9 Å². The lowest BCUT2D eigenvalue weighted by molar-refractivity contribution is -0.166. The lowest BCUT2D eigenvalue weighted by Crippen LogP contribution is -2.52. The van der Waals surface area contributed by atoms with Crippen LogP contribution in [0.3, 0.4) is 0 Å². The Hall–Kier alpha value is -2.80. The summed E-state index contributed by atoms with van der Waals surface area (Å²) in [5.41, 5.74) is 0.387. The van der Waals surface area contributed by atoms with Crippen LogP contribution in [0.25, 0.3) is 15.9 Å². The van der Waals surface area contributed by atoms with Crippen molar-refractivity contribution in [2.45, 2.75) is 56.3 Å². The van der Waals surface area contributed by atoms with Crippen LogP contribution < -0.4 is 10.2 Å². The molecule has 2 N–H and O–H groups in total. The van der Waals surface area contributed by atoms with Gasteiger partial charge in [-0.2, -0.15) is 13.2 Å². The molecule has 2 fully saturated rings. The zero-order chi connectivity index (χ0) is 22.5. The van der Waals surface area contributed by atoms with Gasteiger partial charge in [0.25, 0.3) is 12.6 Å². The number of fused-ring (bicyclic) bond motifs is 3. The molecule has 2 aliphatic carbocycles. The predicted molar refractivity (Wildman–Crippen MR) is 113 cm³/mol. The number of carbonyl (C=O) groups excluding carboxylic acids is 1. The second kappa shape index (κ2) is 7.66. The normalized spacial score (nSPS) is 25.0. The molecule has 0 saturated heterocycles. The molecule has 5 rings (SSSR count). The van der Waals surface area contributed by atoms with Crippen LogP contribution in [0.15, 0.2) is 18.5 Å². The molecule has 2 aromatic rings. The van der Waals surface area contributed by atoms with Crippen LogP contribution >= 0.6 is 0 Å². The number of anilines is 1. The second-order valence-electron chi connectivity index (χ2n) is 9.15. The highest BCUT2D eigenvalue weighted by Gasteiger charge is 2.63. The number of H-pyrrole nitrogens is 1. The van der Waals surface area contributed by atoms with Gasteiger partial charge in [-0.1, -0.05) is 0 Å². The zero-order valence-corrected chi connectivity index (χ0v) is 17.6. The molecule has 10 heteroatoms. The van der Waals surface area contributed by atoms with E-state index in [9.17, 15) is 18.0 Å². The number of hydrogen-bond acceptors (Lipinski definition) is 4. The molecule has 7 nitrogen and oxygen atoms in total. The van der Waals surface area contributed by atoms with Gasteiger partial charge in [-0.3, -0.25) is 14.5 Å². The molecule has 1 amide bonds. The minimum atomic E-state index is -4.18. The van der Waals surface area contributed by atoms with Crippen LogP contribution in [0.1, 0.15) is 48.9 Å². The molecule has 170 valence electrons. The molecule has 0 aromatic carbocycles. The van der Waals surface area contributed by atoms with Crippen LogP contribution in [0.5, 0.6) is 0 Å². The van der Waals surface area contributed by atoms with Crippen molar-refractivity contribution in [3.05, 3.63) is 35.4 Å².